The van der Waals surface area contributed by atoms with Crippen LogP contribution in [0.4, 0.5) is 26.3 Å². The van der Waals surface area contributed by atoms with Gasteiger partial charge in [-0.3, -0.25) is 4.79 Å². The Bertz CT molecular complexity index is 408. The maximum atomic E-state index is 12.2. The fourth-order valence-corrected chi connectivity index (χ4v) is 1.76. The lowest BCUT2D eigenvalue weighted by atomic mass is 9.85. The van der Waals surface area contributed by atoms with Crippen molar-refractivity contribution in [3.63, 3.8) is 0 Å². The molecule has 136 valence electrons. The van der Waals surface area contributed by atoms with Crippen molar-refractivity contribution < 1.29 is 45.4 Å². The number of hydrogen-bond acceptors (Lipinski definition) is 4. The fourth-order valence-electron chi connectivity index (χ4n) is 1.76. The molecular formula is C13H18F6O4. The van der Waals surface area contributed by atoms with E-state index >= 15 is 0 Å². The molecule has 0 aromatic carbocycles. The summed E-state index contributed by atoms with van der Waals surface area (Å²) in [6.45, 7) is 5.61. The molecule has 0 fully saturated rings. The summed E-state index contributed by atoms with van der Waals surface area (Å²) in [4.78, 5) is 22.6. The van der Waals surface area contributed by atoms with Gasteiger partial charge in [-0.05, 0) is 11.8 Å². The van der Waals surface area contributed by atoms with Gasteiger partial charge in [0.1, 0.15) is 0 Å². The second-order valence-electron chi connectivity index (χ2n) is 6.23. The summed E-state index contributed by atoms with van der Waals surface area (Å²) >= 11 is 0. The van der Waals surface area contributed by atoms with Crippen LogP contribution in [0.5, 0.6) is 0 Å². The van der Waals surface area contributed by atoms with Crippen molar-refractivity contribution in [3.8, 4) is 0 Å². The second-order valence-corrected chi connectivity index (χ2v) is 6.23. The molecule has 4 nitrogen and oxygen atoms in total. The Hall–Kier alpha value is -1.48. The molecule has 1 unspecified atom stereocenters. The third kappa shape index (κ3) is 8.65. The van der Waals surface area contributed by atoms with Gasteiger partial charge < -0.3 is 9.47 Å². The number of alkyl halides is 6. The number of carbonyl (C=O) groups is 2. The summed E-state index contributed by atoms with van der Waals surface area (Å²) in [6, 6.07) is 0. The first-order valence-corrected chi connectivity index (χ1v) is 6.53. The lowest BCUT2D eigenvalue weighted by Gasteiger charge is -2.23. The van der Waals surface area contributed by atoms with Gasteiger partial charge in [0.25, 0.3) is 6.10 Å². The molecular weight excluding hydrogens is 334 g/mol. The van der Waals surface area contributed by atoms with E-state index in [1.165, 1.54) is 6.92 Å². The monoisotopic (exact) mass is 352 g/mol. The van der Waals surface area contributed by atoms with Crippen molar-refractivity contribution >= 4 is 11.9 Å². The minimum absolute atomic E-state index is 0.253. The molecule has 0 rings (SSSR count). The Morgan fingerprint density at radius 2 is 1.39 bits per heavy atom. The highest BCUT2D eigenvalue weighted by Crippen LogP contribution is 2.35. The van der Waals surface area contributed by atoms with E-state index < -0.39 is 42.9 Å². The van der Waals surface area contributed by atoms with Gasteiger partial charge in [-0.2, -0.15) is 26.3 Å². The molecule has 0 saturated carbocycles. The smallest absolute Gasteiger partial charge is 0.434 e. The van der Waals surface area contributed by atoms with E-state index in [1.807, 2.05) is 20.8 Å². The van der Waals surface area contributed by atoms with Gasteiger partial charge in [0.2, 0.25) is 0 Å². The van der Waals surface area contributed by atoms with E-state index in [2.05, 4.69) is 9.47 Å². The third-order valence-electron chi connectivity index (χ3n) is 2.50. The zero-order valence-corrected chi connectivity index (χ0v) is 13.0. The summed E-state index contributed by atoms with van der Waals surface area (Å²) in [7, 11) is 0. The number of halogens is 6. The highest BCUT2D eigenvalue weighted by atomic mass is 19.4. The summed E-state index contributed by atoms with van der Waals surface area (Å²) < 4.78 is 80.8. The number of rotatable bonds is 5. The maximum absolute atomic E-state index is 12.2. The number of ether oxygens (including phenoxy) is 2. The molecule has 0 heterocycles. The van der Waals surface area contributed by atoms with Crippen molar-refractivity contribution in [2.75, 3.05) is 6.61 Å². The Kier molecular flexibility index (Phi) is 6.92. The minimum Gasteiger partial charge on any atom is -0.453 e. The molecule has 0 aromatic heterocycles. The SMILES string of the molecule is CC(CC(C)(C)C)C(=O)OCC(=O)OC(C(F)(F)F)C(F)(F)F. The molecule has 0 aliphatic rings. The van der Waals surface area contributed by atoms with Crippen molar-refractivity contribution in [1.82, 2.24) is 0 Å². The lowest BCUT2D eigenvalue weighted by Crippen LogP contribution is -2.46. The van der Waals surface area contributed by atoms with Crippen LogP contribution in [0, 0.1) is 11.3 Å². The Labute approximate surface area is 129 Å². The predicted molar refractivity (Wildman–Crippen MR) is 66.2 cm³/mol. The van der Waals surface area contributed by atoms with E-state index in [0.717, 1.165) is 0 Å². The van der Waals surface area contributed by atoms with Crippen LogP contribution in [-0.4, -0.2) is 37.0 Å². The quantitative estimate of drug-likeness (QED) is 0.560. The second kappa shape index (κ2) is 7.39. The molecule has 0 aliphatic heterocycles. The fraction of sp³-hybridized carbons (Fsp3) is 0.846. The van der Waals surface area contributed by atoms with Crippen LogP contribution in [0.25, 0.3) is 0 Å². The minimum atomic E-state index is -5.81. The molecule has 1 atom stereocenters. The van der Waals surface area contributed by atoms with Crippen LogP contribution in [0.15, 0.2) is 0 Å². The summed E-state index contributed by atoms with van der Waals surface area (Å²) in [5, 5.41) is 0. The molecule has 0 radical (unpaired) electrons. The predicted octanol–water partition coefficient (Wildman–Crippen LogP) is 3.64. The molecule has 0 bridgehead atoms. The average Bonchev–Trinajstić information content (AvgIpc) is 2.27. The summed E-state index contributed by atoms with van der Waals surface area (Å²) in [6.07, 6.45) is -15.5. The first kappa shape index (κ1) is 21.5. The van der Waals surface area contributed by atoms with Crippen LogP contribution >= 0.6 is 0 Å². The van der Waals surface area contributed by atoms with Gasteiger partial charge in [-0.1, -0.05) is 27.7 Å². The third-order valence-corrected chi connectivity index (χ3v) is 2.50. The lowest BCUT2D eigenvalue weighted by molar-refractivity contribution is -0.313. The highest BCUT2D eigenvalue weighted by Gasteiger charge is 2.59. The van der Waals surface area contributed by atoms with Crippen LogP contribution in [0.2, 0.25) is 0 Å². The molecule has 0 saturated heterocycles. The van der Waals surface area contributed by atoms with Gasteiger partial charge in [-0.25, -0.2) is 4.79 Å². The number of carbonyl (C=O) groups excluding carboxylic acids is 2. The summed E-state index contributed by atoms with van der Waals surface area (Å²) in [5.74, 6) is -3.52. The van der Waals surface area contributed by atoms with E-state index in [-0.39, 0.29) is 5.41 Å². The standard InChI is InChI=1S/C13H18F6O4/c1-7(5-11(2,3)4)9(21)22-6-8(20)23-10(12(14,15)16)13(17,18)19/h7,10H,5-6H2,1-4H3. The Morgan fingerprint density at radius 1 is 0.957 bits per heavy atom. The van der Waals surface area contributed by atoms with Gasteiger partial charge >= 0.3 is 24.3 Å². The first-order chi connectivity index (χ1) is 10.0. The topological polar surface area (TPSA) is 52.6 Å². The highest BCUT2D eigenvalue weighted by molar-refractivity contribution is 5.77. The van der Waals surface area contributed by atoms with Crippen LogP contribution < -0.4 is 0 Å². The van der Waals surface area contributed by atoms with Crippen LogP contribution in [0.1, 0.15) is 34.1 Å². The first-order valence-electron chi connectivity index (χ1n) is 6.53. The Morgan fingerprint density at radius 3 is 1.74 bits per heavy atom. The zero-order valence-electron chi connectivity index (χ0n) is 13.0. The molecule has 0 aliphatic carbocycles. The molecule has 0 N–H and O–H groups in total. The van der Waals surface area contributed by atoms with Crippen molar-refractivity contribution in [2.24, 2.45) is 11.3 Å². The van der Waals surface area contributed by atoms with Gasteiger partial charge in [-0.15, -0.1) is 0 Å². The van der Waals surface area contributed by atoms with Crippen LogP contribution in [0.3, 0.4) is 0 Å². The summed E-state index contributed by atoms with van der Waals surface area (Å²) in [5.41, 5.74) is -0.253. The maximum Gasteiger partial charge on any atom is 0.434 e. The molecule has 10 heteroatoms. The van der Waals surface area contributed by atoms with E-state index in [0.29, 0.717) is 6.42 Å². The molecule has 0 spiro atoms. The molecule has 0 amide bonds. The molecule has 0 aromatic rings. The number of hydrogen-bond donors (Lipinski definition) is 0. The van der Waals surface area contributed by atoms with Gasteiger partial charge in [0.05, 0.1) is 5.92 Å². The van der Waals surface area contributed by atoms with Gasteiger partial charge in [0.15, 0.2) is 6.61 Å². The number of esters is 2. The van der Waals surface area contributed by atoms with E-state index in [4.69, 9.17) is 0 Å². The normalized spacial score (nSPS) is 14.6. The average molecular weight is 352 g/mol. The Balaban J connectivity index is 4.58. The zero-order chi connectivity index (χ0) is 18.6. The van der Waals surface area contributed by atoms with E-state index in [1.54, 1.807) is 0 Å². The molecule has 23 heavy (non-hydrogen) atoms. The van der Waals surface area contributed by atoms with E-state index in [9.17, 15) is 35.9 Å². The van der Waals surface area contributed by atoms with Crippen LogP contribution in [-0.2, 0) is 19.1 Å². The van der Waals surface area contributed by atoms with Crippen molar-refractivity contribution in [1.29, 1.82) is 0 Å². The van der Waals surface area contributed by atoms with Crippen molar-refractivity contribution in [2.45, 2.75) is 52.6 Å². The van der Waals surface area contributed by atoms with Gasteiger partial charge in [0, 0.05) is 0 Å². The largest absolute Gasteiger partial charge is 0.453 e. The van der Waals surface area contributed by atoms with Crippen molar-refractivity contribution in [3.05, 3.63) is 0 Å².